The zero-order chi connectivity index (χ0) is 14.5. The Morgan fingerprint density at radius 3 is 2.79 bits per heavy atom. The molecule has 0 unspecified atom stereocenters. The standard InChI is InChI=1S/C11H18N2O4S2/c1-4-17-11(14)9-7-12-13(2)10(9)8-18-5-6-19(3,15)16/h7H,4-6,8H2,1-3H3. The van der Waals surface area contributed by atoms with Gasteiger partial charge in [0.25, 0.3) is 0 Å². The number of rotatable bonds is 7. The van der Waals surface area contributed by atoms with E-state index in [-0.39, 0.29) is 5.75 Å². The second-order valence-corrected chi connectivity index (χ2v) is 7.40. The van der Waals surface area contributed by atoms with Crippen molar-refractivity contribution in [1.82, 2.24) is 9.78 Å². The number of carbonyl (C=O) groups is 1. The summed E-state index contributed by atoms with van der Waals surface area (Å²) in [6.07, 6.45) is 2.69. The first-order valence-corrected chi connectivity index (χ1v) is 9.00. The zero-order valence-corrected chi connectivity index (χ0v) is 12.9. The number of sulfone groups is 1. The highest BCUT2D eigenvalue weighted by Gasteiger charge is 2.17. The Balaban J connectivity index is 2.62. The second-order valence-electron chi connectivity index (χ2n) is 4.03. The van der Waals surface area contributed by atoms with Gasteiger partial charge in [-0.05, 0) is 6.92 Å². The molecule has 1 rings (SSSR count). The van der Waals surface area contributed by atoms with Crippen molar-refractivity contribution in [2.75, 3.05) is 24.4 Å². The third-order valence-corrected chi connectivity index (χ3v) is 4.57. The molecule has 0 amide bonds. The first-order chi connectivity index (χ1) is 8.85. The van der Waals surface area contributed by atoms with Gasteiger partial charge in [-0.2, -0.15) is 16.9 Å². The Kier molecular flexibility index (Phi) is 5.86. The van der Waals surface area contributed by atoms with Crippen LogP contribution in [0.4, 0.5) is 0 Å². The molecule has 1 aromatic heterocycles. The fourth-order valence-electron chi connectivity index (χ4n) is 1.39. The molecule has 0 radical (unpaired) electrons. The third kappa shape index (κ3) is 5.23. The van der Waals surface area contributed by atoms with E-state index in [0.29, 0.717) is 23.7 Å². The molecule has 0 aromatic carbocycles. The number of hydrogen-bond acceptors (Lipinski definition) is 6. The van der Waals surface area contributed by atoms with Crippen LogP contribution in [-0.4, -0.2) is 48.5 Å². The fourth-order valence-corrected chi connectivity index (χ4v) is 3.75. The largest absolute Gasteiger partial charge is 0.462 e. The van der Waals surface area contributed by atoms with Crippen LogP contribution in [0.15, 0.2) is 6.20 Å². The van der Waals surface area contributed by atoms with E-state index in [1.54, 1.807) is 18.7 Å². The number of aryl methyl sites for hydroxylation is 1. The Morgan fingerprint density at radius 1 is 1.53 bits per heavy atom. The normalized spacial score (nSPS) is 11.5. The molecule has 0 aliphatic heterocycles. The van der Waals surface area contributed by atoms with Crippen molar-refractivity contribution in [3.8, 4) is 0 Å². The van der Waals surface area contributed by atoms with E-state index in [2.05, 4.69) is 5.10 Å². The summed E-state index contributed by atoms with van der Waals surface area (Å²) >= 11 is 1.45. The average molecular weight is 306 g/mol. The smallest absolute Gasteiger partial charge is 0.341 e. The molecular formula is C11H18N2O4S2. The van der Waals surface area contributed by atoms with Gasteiger partial charge in [0.15, 0.2) is 0 Å². The highest BCUT2D eigenvalue weighted by Crippen LogP contribution is 2.17. The number of ether oxygens (including phenoxy) is 1. The highest BCUT2D eigenvalue weighted by atomic mass is 32.2. The first-order valence-electron chi connectivity index (χ1n) is 5.78. The van der Waals surface area contributed by atoms with E-state index in [4.69, 9.17) is 4.74 Å². The van der Waals surface area contributed by atoms with E-state index < -0.39 is 15.8 Å². The summed E-state index contributed by atoms with van der Waals surface area (Å²) in [7, 11) is -1.20. The van der Waals surface area contributed by atoms with Crippen molar-refractivity contribution < 1.29 is 17.9 Å². The number of hydrogen-bond donors (Lipinski definition) is 0. The minimum Gasteiger partial charge on any atom is -0.462 e. The lowest BCUT2D eigenvalue weighted by Crippen LogP contribution is -2.09. The van der Waals surface area contributed by atoms with Crippen LogP contribution in [0.25, 0.3) is 0 Å². The summed E-state index contributed by atoms with van der Waals surface area (Å²) in [6, 6.07) is 0. The number of nitrogens with zero attached hydrogens (tertiary/aromatic N) is 2. The maximum absolute atomic E-state index is 11.7. The van der Waals surface area contributed by atoms with Gasteiger partial charge in [0, 0.05) is 24.8 Å². The topological polar surface area (TPSA) is 78.3 Å². The minimum absolute atomic E-state index is 0.129. The van der Waals surface area contributed by atoms with Crippen molar-refractivity contribution in [3.05, 3.63) is 17.5 Å². The lowest BCUT2D eigenvalue weighted by molar-refractivity contribution is 0.0525. The number of thioether (sulfide) groups is 1. The van der Waals surface area contributed by atoms with Crippen LogP contribution in [0, 0.1) is 0 Å². The van der Waals surface area contributed by atoms with E-state index in [0.717, 1.165) is 5.69 Å². The Hall–Kier alpha value is -1.02. The van der Waals surface area contributed by atoms with Gasteiger partial charge in [0.2, 0.25) is 0 Å². The highest BCUT2D eigenvalue weighted by molar-refractivity contribution is 7.99. The van der Waals surface area contributed by atoms with Crippen LogP contribution in [0.1, 0.15) is 23.0 Å². The second kappa shape index (κ2) is 6.95. The predicted molar refractivity (Wildman–Crippen MR) is 75.0 cm³/mol. The number of carbonyl (C=O) groups excluding carboxylic acids is 1. The van der Waals surface area contributed by atoms with Crippen molar-refractivity contribution in [3.63, 3.8) is 0 Å². The molecule has 0 spiro atoms. The SMILES string of the molecule is CCOC(=O)c1cnn(C)c1CSCCS(C)(=O)=O. The van der Waals surface area contributed by atoms with Crippen molar-refractivity contribution in [2.45, 2.75) is 12.7 Å². The molecule has 6 nitrogen and oxygen atoms in total. The number of aromatic nitrogens is 2. The van der Waals surface area contributed by atoms with Crippen LogP contribution in [0.2, 0.25) is 0 Å². The molecule has 0 aliphatic carbocycles. The molecule has 0 fully saturated rings. The van der Waals surface area contributed by atoms with Crippen molar-refractivity contribution in [2.24, 2.45) is 7.05 Å². The summed E-state index contributed by atoms with van der Waals surface area (Å²) in [4.78, 5) is 11.7. The fraction of sp³-hybridized carbons (Fsp3) is 0.636. The Morgan fingerprint density at radius 2 is 2.21 bits per heavy atom. The van der Waals surface area contributed by atoms with E-state index >= 15 is 0 Å². The lowest BCUT2D eigenvalue weighted by Gasteiger charge is -2.05. The lowest BCUT2D eigenvalue weighted by atomic mass is 10.3. The van der Waals surface area contributed by atoms with Crippen LogP contribution in [0.5, 0.6) is 0 Å². The molecule has 0 bridgehead atoms. The molecule has 1 aromatic rings. The van der Waals surface area contributed by atoms with Gasteiger partial charge in [-0.1, -0.05) is 0 Å². The quantitative estimate of drug-likeness (QED) is 0.549. The van der Waals surface area contributed by atoms with Gasteiger partial charge in [-0.3, -0.25) is 4.68 Å². The molecule has 0 saturated carbocycles. The van der Waals surface area contributed by atoms with Gasteiger partial charge in [-0.25, -0.2) is 13.2 Å². The summed E-state index contributed by atoms with van der Waals surface area (Å²) in [6.45, 7) is 2.06. The van der Waals surface area contributed by atoms with Crippen molar-refractivity contribution >= 4 is 27.6 Å². The monoisotopic (exact) mass is 306 g/mol. The van der Waals surface area contributed by atoms with Crippen LogP contribution >= 0.6 is 11.8 Å². The zero-order valence-electron chi connectivity index (χ0n) is 11.2. The molecule has 108 valence electrons. The van der Waals surface area contributed by atoms with Crippen LogP contribution in [-0.2, 0) is 27.4 Å². The maximum Gasteiger partial charge on any atom is 0.341 e. The third-order valence-electron chi connectivity index (χ3n) is 2.39. The maximum atomic E-state index is 11.7. The molecule has 0 N–H and O–H groups in total. The molecule has 8 heteroatoms. The summed E-state index contributed by atoms with van der Waals surface area (Å²) in [5.41, 5.74) is 1.19. The molecule has 0 saturated heterocycles. The molecule has 0 atom stereocenters. The minimum atomic E-state index is -2.95. The van der Waals surface area contributed by atoms with E-state index in [9.17, 15) is 13.2 Å². The number of esters is 1. The summed E-state index contributed by atoms with van der Waals surface area (Å²) in [5, 5.41) is 4.03. The van der Waals surface area contributed by atoms with E-state index in [1.807, 2.05) is 0 Å². The predicted octanol–water partition coefficient (Wildman–Crippen LogP) is 0.875. The van der Waals surface area contributed by atoms with Gasteiger partial charge in [0.05, 0.1) is 24.3 Å². The summed E-state index contributed by atoms with van der Waals surface area (Å²) < 4.78 is 28.6. The van der Waals surface area contributed by atoms with Crippen molar-refractivity contribution in [1.29, 1.82) is 0 Å². The van der Waals surface area contributed by atoms with Crippen LogP contribution in [0.3, 0.4) is 0 Å². The molecular weight excluding hydrogens is 288 g/mol. The summed E-state index contributed by atoms with van der Waals surface area (Å²) in [5.74, 6) is 0.755. The Labute approximate surface area is 117 Å². The molecule has 0 aliphatic rings. The van der Waals surface area contributed by atoms with Gasteiger partial charge < -0.3 is 4.74 Å². The van der Waals surface area contributed by atoms with Gasteiger partial charge in [0.1, 0.15) is 15.4 Å². The first kappa shape index (κ1) is 16.0. The Bertz CT molecular complexity index is 537. The average Bonchev–Trinajstić information content (AvgIpc) is 2.65. The molecule has 19 heavy (non-hydrogen) atoms. The molecule has 1 heterocycles. The van der Waals surface area contributed by atoms with Gasteiger partial charge >= 0.3 is 5.97 Å². The van der Waals surface area contributed by atoms with E-state index in [1.165, 1.54) is 24.2 Å². The van der Waals surface area contributed by atoms with Gasteiger partial charge in [-0.15, -0.1) is 0 Å². The van der Waals surface area contributed by atoms with Crippen LogP contribution < -0.4 is 0 Å².